The zero-order chi connectivity index (χ0) is 9.38. The van der Waals surface area contributed by atoms with Crippen molar-refractivity contribution in [3.63, 3.8) is 0 Å². The van der Waals surface area contributed by atoms with Crippen LogP contribution in [-0.4, -0.2) is 9.97 Å². The Bertz CT molecular complexity index is 547. The molecule has 0 aliphatic rings. The second-order valence-electron chi connectivity index (χ2n) is 3.13. The number of fused-ring (bicyclic) bond motifs is 3. The summed E-state index contributed by atoms with van der Waals surface area (Å²) in [4.78, 5) is 8.66. The number of benzene rings is 1. The van der Waals surface area contributed by atoms with Crippen molar-refractivity contribution in [3.05, 3.63) is 48.8 Å². The van der Waals surface area contributed by atoms with Gasteiger partial charge >= 0.3 is 0 Å². The fourth-order valence-corrected chi connectivity index (χ4v) is 1.61. The standard InChI is InChI=1S/C12H7N2/c1-2-6-11-10(5-1)12-9(8-14-11)4-3-7-13-12/h1-5,7-8H. The summed E-state index contributed by atoms with van der Waals surface area (Å²) in [6, 6.07) is 12.9. The smallest absolute Gasteiger partial charge is 0.0811 e. The summed E-state index contributed by atoms with van der Waals surface area (Å²) in [5.41, 5.74) is 1.87. The first-order valence-corrected chi connectivity index (χ1v) is 4.45. The van der Waals surface area contributed by atoms with Gasteiger partial charge in [-0.3, -0.25) is 9.97 Å². The Morgan fingerprint density at radius 1 is 1.07 bits per heavy atom. The van der Waals surface area contributed by atoms with Crippen molar-refractivity contribution in [3.8, 4) is 0 Å². The van der Waals surface area contributed by atoms with Gasteiger partial charge < -0.3 is 0 Å². The van der Waals surface area contributed by atoms with Crippen molar-refractivity contribution in [1.82, 2.24) is 9.97 Å². The van der Waals surface area contributed by atoms with Crippen LogP contribution in [0.15, 0.2) is 42.7 Å². The Labute approximate surface area is 81.2 Å². The summed E-state index contributed by atoms with van der Waals surface area (Å²) in [7, 11) is 0. The van der Waals surface area contributed by atoms with Gasteiger partial charge in [-0.15, -0.1) is 0 Å². The molecule has 2 heteroatoms. The van der Waals surface area contributed by atoms with Crippen molar-refractivity contribution in [2.45, 2.75) is 0 Å². The molecule has 0 saturated carbocycles. The molecular formula is C12H7N2. The number of rotatable bonds is 0. The van der Waals surface area contributed by atoms with E-state index in [0.717, 1.165) is 21.8 Å². The van der Waals surface area contributed by atoms with Gasteiger partial charge in [0.25, 0.3) is 0 Å². The lowest BCUT2D eigenvalue weighted by atomic mass is 10.1. The minimum Gasteiger partial charge on any atom is -0.255 e. The van der Waals surface area contributed by atoms with E-state index in [4.69, 9.17) is 0 Å². The van der Waals surface area contributed by atoms with Crippen LogP contribution in [0.1, 0.15) is 0 Å². The van der Waals surface area contributed by atoms with Crippen LogP contribution in [-0.2, 0) is 0 Å². The molecule has 0 fully saturated rings. The predicted molar refractivity (Wildman–Crippen MR) is 55.9 cm³/mol. The minimum atomic E-state index is 0.874. The molecule has 0 N–H and O–H groups in total. The van der Waals surface area contributed by atoms with Crippen molar-refractivity contribution >= 4 is 21.8 Å². The van der Waals surface area contributed by atoms with E-state index < -0.39 is 0 Å². The van der Waals surface area contributed by atoms with E-state index >= 15 is 0 Å². The highest BCUT2D eigenvalue weighted by molar-refractivity contribution is 6.02. The SMILES string of the molecule is [c]1cccc2c1ncc1cccnc12. The second kappa shape index (κ2) is 2.77. The van der Waals surface area contributed by atoms with Gasteiger partial charge in [-0.05, 0) is 12.1 Å². The van der Waals surface area contributed by atoms with Crippen LogP contribution in [0.2, 0.25) is 0 Å². The summed E-state index contributed by atoms with van der Waals surface area (Å²) >= 11 is 0. The number of aromatic nitrogens is 2. The maximum atomic E-state index is 4.35. The highest BCUT2D eigenvalue weighted by Gasteiger charge is 2.00. The van der Waals surface area contributed by atoms with Crippen LogP contribution in [0.4, 0.5) is 0 Å². The molecule has 0 spiro atoms. The Balaban J connectivity index is 2.61. The van der Waals surface area contributed by atoms with E-state index in [1.807, 2.05) is 36.5 Å². The highest BCUT2D eigenvalue weighted by Crippen LogP contribution is 2.19. The molecule has 0 atom stereocenters. The van der Waals surface area contributed by atoms with Crippen molar-refractivity contribution in [2.24, 2.45) is 0 Å². The summed E-state index contributed by atoms with van der Waals surface area (Å²) in [6.45, 7) is 0. The van der Waals surface area contributed by atoms with E-state index in [-0.39, 0.29) is 0 Å². The first kappa shape index (κ1) is 7.44. The molecule has 0 saturated heterocycles. The molecule has 1 radical (unpaired) electrons. The highest BCUT2D eigenvalue weighted by atomic mass is 14.7. The van der Waals surface area contributed by atoms with Crippen molar-refractivity contribution < 1.29 is 0 Å². The van der Waals surface area contributed by atoms with E-state index in [9.17, 15) is 0 Å². The predicted octanol–water partition coefficient (Wildman–Crippen LogP) is 2.58. The number of nitrogens with zero attached hydrogens (tertiary/aromatic N) is 2. The molecule has 1 aromatic carbocycles. The van der Waals surface area contributed by atoms with E-state index in [1.54, 1.807) is 6.20 Å². The molecule has 3 rings (SSSR count). The number of pyridine rings is 2. The lowest BCUT2D eigenvalue weighted by Crippen LogP contribution is -1.83. The van der Waals surface area contributed by atoms with Gasteiger partial charge in [-0.2, -0.15) is 0 Å². The van der Waals surface area contributed by atoms with Crippen LogP contribution >= 0.6 is 0 Å². The molecule has 0 bridgehead atoms. The van der Waals surface area contributed by atoms with Gasteiger partial charge in [0, 0.05) is 29.2 Å². The third-order valence-electron chi connectivity index (χ3n) is 2.26. The number of para-hydroxylation sites is 1. The topological polar surface area (TPSA) is 25.8 Å². The van der Waals surface area contributed by atoms with Gasteiger partial charge in [-0.25, -0.2) is 0 Å². The van der Waals surface area contributed by atoms with Gasteiger partial charge in [0.2, 0.25) is 0 Å². The molecule has 2 nitrogen and oxygen atoms in total. The zero-order valence-electron chi connectivity index (χ0n) is 7.44. The van der Waals surface area contributed by atoms with Crippen LogP contribution < -0.4 is 0 Å². The maximum Gasteiger partial charge on any atom is 0.0811 e. The minimum absolute atomic E-state index is 0.874. The fourth-order valence-electron chi connectivity index (χ4n) is 1.61. The van der Waals surface area contributed by atoms with Gasteiger partial charge in [-0.1, -0.05) is 18.2 Å². The lowest BCUT2D eigenvalue weighted by molar-refractivity contribution is 1.38. The molecule has 0 unspecified atom stereocenters. The third kappa shape index (κ3) is 0.973. The monoisotopic (exact) mass is 179 g/mol. The van der Waals surface area contributed by atoms with Gasteiger partial charge in [0.05, 0.1) is 11.0 Å². The Morgan fingerprint density at radius 2 is 2.07 bits per heavy atom. The summed E-state index contributed by atoms with van der Waals surface area (Å²) in [5.74, 6) is 0. The van der Waals surface area contributed by atoms with Crippen molar-refractivity contribution in [1.29, 1.82) is 0 Å². The first-order chi connectivity index (χ1) is 6.95. The van der Waals surface area contributed by atoms with E-state index in [0.29, 0.717) is 0 Å². The molecule has 2 aromatic heterocycles. The number of hydrogen-bond acceptors (Lipinski definition) is 2. The normalized spacial score (nSPS) is 10.9. The van der Waals surface area contributed by atoms with Crippen molar-refractivity contribution in [2.75, 3.05) is 0 Å². The molecule has 65 valence electrons. The molecular weight excluding hydrogens is 172 g/mol. The molecule has 0 aliphatic heterocycles. The van der Waals surface area contributed by atoms with Crippen LogP contribution in [0.3, 0.4) is 0 Å². The van der Waals surface area contributed by atoms with Crippen LogP contribution in [0.5, 0.6) is 0 Å². The van der Waals surface area contributed by atoms with Gasteiger partial charge in [0.1, 0.15) is 0 Å². The molecule has 3 aromatic rings. The summed E-state index contributed by atoms with van der Waals surface area (Å²) in [5, 5.41) is 2.13. The van der Waals surface area contributed by atoms with E-state index in [1.165, 1.54) is 0 Å². The quantitative estimate of drug-likeness (QED) is 0.496. The van der Waals surface area contributed by atoms with Gasteiger partial charge in [0.15, 0.2) is 0 Å². The third-order valence-corrected chi connectivity index (χ3v) is 2.26. The second-order valence-corrected chi connectivity index (χ2v) is 3.13. The average molecular weight is 179 g/mol. The summed E-state index contributed by atoms with van der Waals surface area (Å²) < 4.78 is 0. The molecule has 0 aliphatic carbocycles. The van der Waals surface area contributed by atoms with Crippen LogP contribution in [0, 0.1) is 6.07 Å². The lowest BCUT2D eigenvalue weighted by Gasteiger charge is -2.00. The molecule has 2 heterocycles. The molecule has 0 amide bonds. The Morgan fingerprint density at radius 3 is 3.07 bits per heavy atom. The largest absolute Gasteiger partial charge is 0.255 e. The van der Waals surface area contributed by atoms with E-state index in [2.05, 4.69) is 16.0 Å². The number of hydrogen-bond donors (Lipinski definition) is 0. The van der Waals surface area contributed by atoms with Crippen LogP contribution in [0.25, 0.3) is 21.8 Å². The fraction of sp³-hybridized carbons (Fsp3) is 0. The molecule has 14 heavy (non-hydrogen) atoms. The Hall–Kier alpha value is -1.96. The first-order valence-electron chi connectivity index (χ1n) is 4.45. The maximum absolute atomic E-state index is 4.35. The zero-order valence-corrected chi connectivity index (χ0v) is 7.44. The average Bonchev–Trinajstić information content (AvgIpc) is 2.29. The Kier molecular flexibility index (Phi) is 1.47. The summed E-state index contributed by atoms with van der Waals surface area (Å²) in [6.07, 6.45) is 3.63.